The molecule has 1 N–H and O–H groups in total. The molecule has 2 aromatic heterocycles. The number of pyridine rings is 1. The van der Waals surface area contributed by atoms with Crippen molar-refractivity contribution in [1.29, 1.82) is 0 Å². The molecule has 0 atom stereocenters. The van der Waals surface area contributed by atoms with Gasteiger partial charge in [-0.3, -0.25) is 0 Å². The van der Waals surface area contributed by atoms with Gasteiger partial charge in [0.15, 0.2) is 5.65 Å². The van der Waals surface area contributed by atoms with E-state index in [0.29, 0.717) is 5.92 Å². The molecule has 3 nitrogen and oxygen atoms in total. The van der Waals surface area contributed by atoms with Gasteiger partial charge in [0.1, 0.15) is 5.82 Å². The second-order valence-electron chi connectivity index (χ2n) is 7.40. The highest BCUT2D eigenvalue weighted by molar-refractivity contribution is 5.70. The van der Waals surface area contributed by atoms with Crippen molar-refractivity contribution in [3.8, 4) is 0 Å². The summed E-state index contributed by atoms with van der Waals surface area (Å²) >= 11 is 0. The summed E-state index contributed by atoms with van der Waals surface area (Å²) < 4.78 is 0. The fourth-order valence-corrected chi connectivity index (χ4v) is 5.54. The van der Waals surface area contributed by atoms with Crippen molar-refractivity contribution in [2.45, 2.75) is 44.9 Å². The molecule has 0 radical (unpaired) electrons. The maximum absolute atomic E-state index is 4.85. The van der Waals surface area contributed by atoms with Gasteiger partial charge in [0.05, 0.1) is 5.52 Å². The number of aryl methyl sites for hydroxylation is 1. The second kappa shape index (κ2) is 3.84. The van der Waals surface area contributed by atoms with E-state index in [1.54, 1.807) is 0 Å². The number of aromatic nitrogens is 3. The molecule has 0 spiro atoms. The Bertz CT molecular complexity index is 644. The average molecular weight is 267 g/mol. The minimum Gasteiger partial charge on any atom is -0.340 e. The lowest BCUT2D eigenvalue weighted by Crippen LogP contribution is -2.44. The minimum absolute atomic E-state index is 0.678. The van der Waals surface area contributed by atoms with E-state index in [9.17, 15) is 0 Å². The molecule has 104 valence electrons. The molecule has 2 heterocycles. The molecule has 4 aliphatic carbocycles. The molecule has 0 unspecified atom stereocenters. The summed E-state index contributed by atoms with van der Waals surface area (Å²) in [6.45, 7) is 2.04. The summed E-state index contributed by atoms with van der Waals surface area (Å²) in [5, 5.41) is 0. The van der Waals surface area contributed by atoms with Gasteiger partial charge in [0.25, 0.3) is 0 Å². The van der Waals surface area contributed by atoms with Crippen molar-refractivity contribution in [1.82, 2.24) is 15.0 Å². The number of hydrogen-bond donors (Lipinski definition) is 1. The van der Waals surface area contributed by atoms with Crippen LogP contribution in [0.5, 0.6) is 0 Å². The third kappa shape index (κ3) is 1.52. The van der Waals surface area contributed by atoms with Crippen LogP contribution < -0.4 is 0 Å². The van der Waals surface area contributed by atoms with E-state index < -0.39 is 0 Å². The maximum atomic E-state index is 4.85. The van der Waals surface area contributed by atoms with Crippen LogP contribution in [0.3, 0.4) is 0 Å². The van der Waals surface area contributed by atoms with E-state index in [4.69, 9.17) is 4.98 Å². The summed E-state index contributed by atoms with van der Waals surface area (Å²) in [4.78, 5) is 13.0. The predicted molar refractivity (Wildman–Crippen MR) is 78.4 cm³/mol. The van der Waals surface area contributed by atoms with Crippen LogP contribution in [0.1, 0.15) is 49.5 Å². The van der Waals surface area contributed by atoms with Gasteiger partial charge in [-0.2, -0.15) is 0 Å². The quantitative estimate of drug-likeness (QED) is 0.853. The Morgan fingerprint density at radius 1 is 0.950 bits per heavy atom. The first-order valence-electron chi connectivity index (χ1n) is 8.09. The highest BCUT2D eigenvalue weighted by Crippen LogP contribution is 2.59. The molecule has 4 saturated carbocycles. The largest absolute Gasteiger partial charge is 0.340 e. The smallest absolute Gasteiger partial charge is 0.177 e. The zero-order valence-corrected chi connectivity index (χ0v) is 12.0. The number of aromatic amines is 1. The number of H-pyrrole nitrogens is 1. The van der Waals surface area contributed by atoms with Gasteiger partial charge < -0.3 is 4.98 Å². The maximum Gasteiger partial charge on any atom is 0.177 e. The Kier molecular flexibility index (Phi) is 2.17. The molecule has 2 aromatic rings. The van der Waals surface area contributed by atoms with Crippen LogP contribution in [-0.4, -0.2) is 15.0 Å². The highest BCUT2D eigenvalue weighted by atomic mass is 15.0. The van der Waals surface area contributed by atoms with Crippen molar-refractivity contribution in [2.24, 2.45) is 23.7 Å². The Labute approximate surface area is 119 Å². The Morgan fingerprint density at radius 3 is 2.35 bits per heavy atom. The number of nitrogens with zero attached hydrogens (tertiary/aromatic N) is 2. The van der Waals surface area contributed by atoms with Crippen molar-refractivity contribution >= 4 is 11.2 Å². The standard InChI is InChI=1S/C17H21N3/c1-9-2-3-14-16(18-9)20-17(19-14)15-12-5-10-4-11(7-12)8-13(15)6-10/h2-3,10-13,15H,4-8H2,1H3,(H,18,19,20). The summed E-state index contributed by atoms with van der Waals surface area (Å²) in [6, 6.07) is 4.20. The molecule has 4 aliphatic rings. The lowest BCUT2D eigenvalue weighted by Gasteiger charge is -2.53. The van der Waals surface area contributed by atoms with Crippen LogP contribution in [0.2, 0.25) is 0 Å². The number of hydrogen-bond acceptors (Lipinski definition) is 2. The van der Waals surface area contributed by atoms with Crippen molar-refractivity contribution in [3.05, 3.63) is 23.7 Å². The average Bonchev–Trinajstić information content (AvgIpc) is 2.79. The lowest BCUT2D eigenvalue weighted by atomic mass is 9.52. The van der Waals surface area contributed by atoms with E-state index in [1.807, 2.05) is 6.92 Å². The van der Waals surface area contributed by atoms with Crippen molar-refractivity contribution in [2.75, 3.05) is 0 Å². The first kappa shape index (κ1) is 11.3. The van der Waals surface area contributed by atoms with E-state index in [2.05, 4.69) is 22.1 Å². The highest BCUT2D eigenvalue weighted by Gasteiger charge is 2.49. The number of fused-ring (bicyclic) bond motifs is 1. The van der Waals surface area contributed by atoms with Gasteiger partial charge >= 0.3 is 0 Å². The molecular weight excluding hydrogens is 246 g/mol. The fourth-order valence-electron chi connectivity index (χ4n) is 5.54. The zero-order chi connectivity index (χ0) is 13.3. The van der Waals surface area contributed by atoms with Crippen LogP contribution in [0.4, 0.5) is 0 Å². The summed E-state index contributed by atoms with van der Waals surface area (Å²) in [5.41, 5.74) is 3.08. The Balaban J connectivity index is 1.57. The summed E-state index contributed by atoms with van der Waals surface area (Å²) in [7, 11) is 0. The first-order valence-corrected chi connectivity index (χ1v) is 8.09. The SMILES string of the molecule is Cc1ccc2[nH]c(C3C4CC5CC(C4)CC3C5)nc2n1. The van der Waals surface area contributed by atoms with Gasteiger partial charge in [0.2, 0.25) is 0 Å². The number of nitrogens with one attached hydrogen (secondary N) is 1. The first-order chi connectivity index (χ1) is 9.76. The van der Waals surface area contributed by atoms with Gasteiger partial charge in [-0.05, 0) is 74.8 Å². The topological polar surface area (TPSA) is 41.6 Å². The van der Waals surface area contributed by atoms with Gasteiger partial charge in [-0.15, -0.1) is 0 Å². The Morgan fingerprint density at radius 2 is 1.65 bits per heavy atom. The van der Waals surface area contributed by atoms with E-state index in [0.717, 1.165) is 40.5 Å². The number of imidazole rings is 1. The normalized spacial score (nSPS) is 38.8. The predicted octanol–water partition coefficient (Wildman–Crippen LogP) is 3.81. The van der Waals surface area contributed by atoms with Crippen LogP contribution in [0, 0.1) is 30.6 Å². The monoisotopic (exact) mass is 267 g/mol. The lowest BCUT2D eigenvalue weighted by molar-refractivity contribution is -0.00529. The Hall–Kier alpha value is -1.38. The summed E-state index contributed by atoms with van der Waals surface area (Å²) in [6.07, 6.45) is 7.30. The minimum atomic E-state index is 0.678. The molecule has 3 heteroatoms. The second-order valence-corrected chi connectivity index (χ2v) is 7.40. The molecule has 4 bridgehead atoms. The van der Waals surface area contributed by atoms with Gasteiger partial charge in [-0.1, -0.05) is 0 Å². The van der Waals surface area contributed by atoms with Crippen molar-refractivity contribution in [3.63, 3.8) is 0 Å². The fraction of sp³-hybridized carbons (Fsp3) is 0.647. The molecule has 0 aromatic carbocycles. The van der Waals surface area contributed by atoms with E-state index in [-0.39, 0.29) is 0 Å². The van der Waals surface area contributed by atoms with Gasteiger partial charge in [0, 0.05) is 11.6 Å². The van der Waals surface area contributed by atoms with Crippen LogP contribution in [-0.2, 0) is 0 Å². The zero-order valence-electron chi connectivity index (χ0n) is 12.0. The van der Waals surface area contributed by atoms with Crippen molar-refractivity contribution < 1.29 is 0 Å². The summed E-state index contributed by atoms with van der Waals surface area (Å²) in [5.74, 6) is 5.72. The molecule has 0 aliphatic heterocycles. The molecule has 0 amide bonds. The van der Waals surface area contributed by atoms with E-state index in [1.165, 1.54) is 37.9 Å². The molecular formula is C17H21N3. The third-order valence-corrected chi connectivity index (χ3v) is 6.05. The molecule has 6 rings (SSSR count). The number of rotatable bonds is 1. The van der Waals surface area contributed by atoms with Crippen LogP contribution in [0.15, 0.2) is 12.1 Å². The van der Waals surface area contributed by atoms with Crippen LogP contribution in [0.25, 0.3) is 11.2 Å². The van der Waals surface area contributed by atoms with Crippen LogP contribution >= 0.6 is 0 Å². The molecule has 20 heavy (non-hydrogen) atoms. The third-order valence-electron chi connectivity index (χ3n) is 6.05. The molecule has 0 saturated heterocycles. The van der Waals surface area contributed by atoms with Gasteiger partial charge in [-0.25, -0.2) is 9.97 Å². The van der Waals surface area contributed by atoms with E-state index >= 15 is 0 Å². The molecule has 4 fully saturated rings.